The number of aromatic nitrogens is 7. The zero-order chi connectivity index (χ0) is 39.0. The molecular formula is C50H36N8. The van der Waals surface area contributed by atoms with Crippen molar-refractivity contribution in [3.8, 4) is 56.4 Å². The van der Waals surface area contributed by atoms with Crippen molar-refractivity contribution in [3.05, 3.63) is 194 Å². The topological polar surface area (TPSA) is 86.7 Å². The normalized spacial score (nSPS) is 11.7. The van der Waals surface area contributed by atoms with Gasteiger partial charge in [-0.05, 0) is 97.3 Å². The molecule has 0 amide bonds. The van der Waals surface area contributed by atoms with Gasteiger partial charge in [0.1, 0.15) is 22.7 Å². The third-order valence-electron chi connectivity index (χ3n) is 10.4. The van der Waals surface area contributed by atoms with Crippen LogP contribution in [0.15, 0.2) is 187 Å². The molecule has 5 aromatic carbocycles. The van der Waals surface area contributed by atoms with E-state index in [4.69, 9.17) is 24.9 Å². The predicted molar refractivity (Wildman–Crippen MR) is 234 cm³/mol. The van der Waals surface area contributed by atoms with Crippen molar-refractivity contribution in [1.82, 2.24) is 34.1 Å². The number of hydrogen-bond donors (Lipinski definition) is 0. The van der Waals surface area contributed by atoms with Crippen LogP contribution in [0.25, 0.3) is 78.7 Å². The molecule has 0 aliphatic heterocycles. The monoisotopic (exact) mass is 748 g/mol. The van der Waals surface area contributed by atoms with E-state index in [0.29, 0.717) is 0 Å². The van der Waals surface area contributed by atoms with Gasteiger partial charge < -0.3 is 0 Å². The summed E-state index contributed by atoms with van der Waals surface area (Å²) < 4.78 is 4.35. The Morgan fingerprint density at radius 2 is 0.931 bits per heavy atom. The number of para-hydroxylation sites is 2. The molecule has 0 saturated heterocycles. The number of rotatable bonds is 8. The lowest BCUT2D eigenvalue weighted by Gasteiger charge is -2.17. The van der Waals surface area contributed by atoms with E-state index in [1.54, 1.807) is 6.20 Å². The molecule has 0 spiro atoms. The fourth-order valence-corrected chi connectivity index (χ4v) is 7.66. The Kier molecular flexibility index (Phi) is 8.76. The number of aliphatic imine (C=N–C) groups is 1. The Balaban J connectivity index is 1.27. The number of nitrogens with zero attached hydrogens (tertiary/aromatic N) is 8. The van der Waals surface area contributed by atoms with Crippen molar-refractivity contribution in [2.45, 2.75) is 13.8 Å². The molecule has 8 nitrogen and oxygen atoms in total. The minimum atomic E-state index is 0.746. The van der Waals surface area contributed by atoms with Crippen molar-refractivity contribution in [2.75, 3.05) is 0 Å². The average molecular weight is 749 g/mol. The van der Waals surface area contributed by atoms with Crippen LogP contribution in [0, 0.1) is 6.92 Å². The van der Waals surface area contributed by atoms with E-state index < -0.39 is 0 Å². The molecule has 5 heterocycles. The van der Waals surface area contributed by atoms with E-state index in [-0.39, 0.29) is 0 Å². The van der Waals surface area contributed by atoms with Crippen LogP contribution in [-0.4, -0.2) is 39.8 Å². The van der Waals surface area contributed by atoms with Crippen molar-refractivity contribution in [3.63, 3.8) is 0 Å². The third kappa shape index (κ3) is 6.23. The van der Waals surface area contributed by atoms with E-state index in [1.165, 1.54) is 0 Å². The maximum atomic E-state index is 5.32. The van der Waals surface area contributed by atoms with Gasteiger partial charge in [-0.15, -0.1) is 0 Å². The minimum absolute atomic E-state index is 0.746. The summed E-state index contributed by atoms with van der Waals surface area (Å²) in [6.45, 7) is 4.02. The Hall–Kier alpha value is -7.84. The average Bonchev–Trinajstić information content (AvgIpc) is 3.87. The summed E-state index contributed by atoms with van der Waals surface area (Å²) in [4.78, 5) is 30.1. The summed E-state index contributed by atoms with van der Waals surface area (Å²) in [5, 5.41) is 0. The molecule has 8 heteroatoms. The van der Waals surface area contributed by atoms with Gasteiger partial charge >= 0.3 is 0 Å². The van der Waals surface area contributed by atoms with E-state index in [1.807, 2.05) is 74.8 Å². The highest BCUT2D eigenvalue weighted by atomic mass is 15.1. The first-order valence-corrected chi connectivity index (χ1v) is 19.2. The second-order valence-electron chi connectivity index (χ2n) is 14.1. The van der Waals surface area contributed by atoms with Crippen LogP contribution in [0.3, 0.4) is 0 Å². The maximum Gasteiger partial charge on any atom is 0.164 e. The van der Waals surface area contributed by atoms with Gasteiger partial charge in [0.15, 0.2) is 11.3 Å². The Morgan fingerprint density at radius 1 is 0.466 bits per heavy atom. The molecule has 0 radical (unpaired) electrons. The molecule has 0 N–H and O–H groups in total. The fraction of sp³-hybridized carbons (Fsp3) is 0.0400. The summed E-state index contributed by atoms with van der Waals surface area (Å²) in [7, 11) is 0. The number of aryl methyl sites for hydroxylation is 1. The van der Waals surface area contributed by atoms with Crippen molar-refractivity contribution < 1.29 is 0 Å². The molecule has 5 aromatic heterocycles. The van der Waals surface area contributed by atoms with Crippen LogP contribution in [0.2, 0.25) is 0 Å². The molecule has 0 unspecified atom stereocenters. The summed E-state index contributed by atoms with van der Waals surface area (Å²) in [5.74, 6) is 1.49. The summed E-state index contributed by atoms with van der Waals surface area (Å²) >= 11 is 0. The molecule has 276 valence electrons. The molecule has 10 rings (SSSR count). The number of benzene rings is 5. The third-order valence-corrected chi connectivity index (χ3v) is 10.4. The van der Waals surface area contributed by atoms with E-state index >= 15 is 0 Å². The van der Waals surface area contributed by atoms with E-state index in [9.17, 15) is 0 Å². The van der Waals surface area contributed by atoms with Gasteiger partial charge in [0.05, 0.1) is 22.8 Å². The minimum Gasteiger partial charge on any atom is -0.276 e. The van der Waals surface area contributed by atoms with E-state index in [0.717, 1.165) is 101 Å². The Labute approximate surface area is 335 Å². The first kappa shape index (κ1) is 34.6. The molecular weight excluding hydrogens is 713 g/mol. The molecule has 0 aliphatic carbocycles. The fourth-order valence-electron chi connectivity index (χ4n) is 7.66. The first-order chi connectivity index (χ1) is 28.6. The van der Waals surface area contributed by atoms with Crippen LogP contribution in [-0.2, 0) is 0 Å². The lowest BCUT2D eigenvalue weighted by Crippen LogP contribution is -2.05. The van der Waals surface area contributed by atoms with Crippen molar-refractivity contribution >= 4 is 33.7 Å². The van der Waals surface area contributed by atoms with Crippen LogP contribution in [0.5, 0.6) is 0 Å². The molecule has 0 fully saturated rings. The largest absolute Gasteiger partial charge is 0.276 e. The molecule has 0 saturated carbocycles. The Bertz CT molecular complexity index is 2960. The zero-order valence-corrected chi connectivity index (χ0v) is 31.9. The maximum absolute atomic E-state index is 5.32. The number of imidazole rings is 2. The van der Waals surface area contributed by atoms with Crippen molar-refractivity contribution in [1.29, 1.82) is 0 Å². The highest BCUT2D eigenvalue weighted by Gasteiger charge is 2.23. The first-order valence-electron chi connectivity index (χ1n) is 19.2. The smallest absolute Gasteiger partial charge is 0.164 e. The van der Waals surface area contributed by atoms with Gasteiger partial charge in [-0.3, -0.25) is 19.1 Å². The molecule has 58 heavy (non-hydrogen) atoms. The Morgan fingerprint density at radius 3 is 1.45 bits per heavy atom. The highest BCUT2D eigenvalue weighted by Crippen LogP contribution is 2.38. The van der Waals surface area contributed by atoms with Gasteiger partial charge in [-0.25, -0.2) is 19.9 Å². The zero-order valence-electron chi connectivity index (χ0n) is 31.9. The SMILES string of the molecule is CC(=Nc1cccnc1C)c1cc(-c2nc3cccnc3n2-c2ccccc2-c2ccccc2)cc(-c2nc3cccnc3n2-c2ccccc2-c2ccccc2)c1. The van der Waals surface area contributed by atoms with Gasteiger partial charge in [0.25, 0.3) is 0 Å². The van der Waals surface area contributed by atoms with Crippen LogP contribution < -0.4 is 0 Å². The van der Waals surface area contributed by atoms with Gasteiger partial charge in [0.2, 0.25) is 0 Å². The lowest BCUT2D eigenvalue weighted by molar-refractivity contribution is 1.07. The molecule has 0 aliphatic rings. The summed E-state index contributed by atoms with van der Waals surface area (Å²) in [6.07, 6.45) is 5.44. The van der Waals surface area contributed by atoms with Gasteiger partial charge in [-0.1, -0.05) is 97.1 Å². The van der Waals surface area contributed by atoms with Gasteiger partial charge in [0, 0.05) is 46.6 Å². The second kappa shape index (κ2) is 14.7. The van der Waals surface area contributed by atoms with Crippen molar-refractivity contribution in [2.24, 2.45) is 4.99 Å². The lowest BCUT2D eigenvalue weighted by atomic mass is 10.00. The quantitative estimate of drug-likeness (QED) is 0.144. The predicted octanol–water partition coefficient (Wildman–Crippen LogP) is 11.7. The van der Waals surface area contributed by atoms with Gasteiger partial charge in [-0.2, -0.15) is 0 Å². The number of hydrogen-bond acceptors (Lipinski definition) is 6. The number of pyridine rings is 3. The summed E-state index contributed by atoms with van der Waals surface area (Å²) in [6, 6.07) is 56.0. The molecule has 10 aromatic rings. The van der Waals surface area contributed by atoms with Crippen LogP contribution >= 0.6 is 0 Å². The standard InChI is InChI=1S/C50H36N8/c1-33(54-42-22-13-27-51-34(42)2)37-30-38(47-55-43-23-14-28-52-49(43)57(47)45-25-11-9-20-40(45)35-16-5-3-6-17-35)32-39(31-37)48-56-44-24-15-29-53-50(44)58(48)46-26-12-10-21-41(46)36-18-7-4-8-19-36/h3-32H,1-2H3. The summed E-state index contributed by atoms with van der Waals surface area (Å²) in [5.41, 5.74) is 14.6. The second-order valence-corrected chi connectivity index (χ2v) is 14.1. The highest BCUT2D eigenvalue weighted by molar-refractivity contribution is 6.03. The van der Waals surface area contributed by atoms with Crippen LogP contribution in [0.1, 0.15) is 18.2 Å². The molecule has 0 bridgehead atoms. The van der Waals surface area contributed by atoms with Crippen LogP contribution in [0.4, 0.5) is 5.69 Å². The molecule has 0 atom stereocenters. The number of fused-ring (bicyclic) bond motifs is 2. The van der Waals surface area contributed by atoms with E-state index in [2.05, 4.69) is 129 Å².